The Morgan fingerprint density at radius 2 is 1.90 bits per heavy atom. The molecule has 0 unspecified atom stereocenters. The van der Waals surface area contributed by atoms with Gasteiger partial charge in [0.2, 0.25) is 5.91 Å². The number of H-pyrrole nitrogens is 1. The van der Waals surface area contributed by atoms with E-state index in [-0.39, 0.29) is 23.4 Å². The lowest BCUT2D eigenvalue weighted by atomic mass is 9.85. The fourth-order valence-electron chi connectivity index (χ4n) is 3.81. The van der Waals surface area contributed by atoms with Crippen molar-refractivity contribution < 1.29 is 4.79 Å². The van der Waals surface area contributed by atoms with Crippen LogP contribution in [0, 0.1) is 6.92 Å². The second-order valence-electron chi connectivity index (χ2n) is 6.99. The molecule has 0 radical (unpaired) electrons. The van der Waals surface area contributed by atoms with Crippen LogP contribution in [-0.4, -0.2) is 36.1 Å². The number of nitrogens with zero attached hydrogens (tertiary/aromatic N) is 5. The molecule has 0 spiro atoms. The van der Waals surface area contributed by atoms with Gasteiger partial charge in [-0.3, -0.25) is 9.89 Å². The number of amides is 1. The molecule has 1 aliphatic rings. The number of anilines is 1. The summed E-state index contributed by atoms with van der Waals surface area (Å²) in [4.78, 5) is 12.6. The zero-order valence-electron chi connectivity index (χ0n) is 15.7. The molecule has 1 amide bonds. The molecular weight excluding hydrogens is 425 g/mol. The molecule has 4 aromatic rings. The number of hydrogen-bond donors (Lipinski definition) is 2. The number of rotatable bonds is 3. The van der Waals surface area contributed by atoms with Crippen LogP contribution in [0.25, 0.3) is 17.1 Å². The Morgan fingerprint density at radius 3 is 2.63 bits per heavy atom. The second kappa shape index (κ2) is 7.23. The molecule has 4 heterocycles. The fourth-order valence-corrected chi connectivity index (χ4v) is 4.03. The van der Waals surface area contributed by atoms with Crippen molar-refractivity contribution >= 4 is 34.9 Å². The normalized spacial score (nSPS) is 15.7. The van der Waals surface area contributed by atoms with Gasteiger partial charge in [-0.05, 0) is 36.8 Å². The molecule has 0 bridgehead atoms. The van der Waals surface area contributed by atoms with Crippen molar-refractivity contribution in [1.82, 2.24) is 30.2 Å². The van der Waals surface area contributed by atoms with Crippen LogP contribution in [0.3, 0.4) is 0 Å². The molecule has 10 heteroatoms. The summed E-state index contributed by atoms with van der Waals surface area (Å²) in [6.45, 7) is 1.91. The minimum absolute atomic E-state index is 0.112. The Balaban J connectivity index is 1.64. The van der Waals surface area contributed by atoms with Gasteiger partial charge in [-0.1, -0.05) is 35.3 Å². The predicted molar refractivity (Wildman–Crippen MR) is 113 cm³/mol. The Bertz CT molecular complexity index is 1250. The number of carbonyl (C=O) groups is 1. The molecule has 0 saturated carbocycles. The molecule has 0 fully saturated rings. The third-order valence-electron chi connectivity index (χ3n) is 5.11. The molecule has 1 aliphatic heterocycles. The van der Waals surface area contributed by atoms with Gasteiger partial charge < -0.3 is 5.32 Å². The van der Waals surface area contributed by atoms with E-state index < -0.39 is 0 Å². The van der Waals surface area contributed by atoms with E-state index in [1.54, 1.807) is 23.0 Å². The quantitative estimate of drug-likeness (QED) is 0.499. The minimum atomic E-state index is -0.216. The summed E-state index contributed by atoms with van der Waals surface area (Å²) in [5, 5.41) is 23.8. The van der Waals surface area contributed by atoms with E-state index in [4.69, 9.17) is 23.2 Å². The molecule has 8 nitrogen and oxygen atoms in total. The third kappa shape index (κ3) is 3.14. The highest BCUT2D eigenvalue weighted by Crippen LogP contribution is 2.42. The van der Waals surface area contributed by atoms with E-state index in [0.29, 0.717) is 16.7 Å². The van der Waals surface area contributed by atoms with E-state index in [1.807, 2.05) is 31.2 Å². The van der Waals surface area contributed by atoms with Gasteiger partial charge in [0, 0.05) is 28.5 Å². The number of hydrogen-bond acceptors (Lipinski definition) is 5. The maximum Gasteiger partial charge on any atom is 0.226 e. The average Bonchev–Trinajstić information content (AvgIpc) is 3.34. The predicted octanol–water partition coefficient (Wildman–Crippen LogP) is 4.14. The van der Waals surface area contributed by atoms with Crippen molar-refractivity contribution in [2.75, 3.05) is 5.32 Å². The highest BCUT2D eigenvalue weighted by atomic mass is 35.5. The van der Waals surface area contributed by atoms with Crippen molar-refractivity contribution in [3.8, 4) is 17.1 Å². The highest BCUT2D eigenvalue weighted by Gasteiger charge is 2.35. The Labute approximate surface area is 181 Å². The van der Waals surface area contributed by atoms with E-state index in [0.717, 1.165) is 28.1 Å². The van der Waals surface area contributed by atoms with Gasteiger partial charge in [0.15, 0.2) is 11.0 Å². The number of nitrogens with one attached hydrogen (secondary N) is 2. The van der Waals surface area contributed by atoms with Gasteiger partial charge >= 0.3 is 0 Å². The number of aromatic nitrogens is 6. The van der Waals surface area contributed by atoms with E-state index in [9.17, 15) is 4.79 Å². The summed E-state index contributed by atoms with van der Waals surface area (Å²) in [5.41, 5.74) is 4.40. The third-order valence-corrected chi connectivity index (χ3v) is 5.57. The van der Waals surface area contributed by atoms with Crippen LogP contribution in [0.5, 0.6) is 0 Å². The molecule has 0 saturated heterocycles. The molecule has 1 aromatic carbocycles. The number of aromatic amines is 1. The fraction of sp³-hybridized carbons (Fsp3) is 0.150. The van der Waals surface area contributed by atoms with Crippen molar-refractivity contribution in [2.45, 2.75) is 19.3 Å². The van der Waals surface area contributed by atoms with Crippen LogP contribution in [0.2, 0.25) is 10.2 Å². The summed E-state index contributed by atoms with van der Waals surface area (Å²) in [5.74, 6) is 0.717. The summed E-state index contributed by atoms with van der Waals surface area (Å²) in [6, 6.07) is 10.8. The van der Waals surface area contributed by atoms with Crippen LogP contribution < -0.4 is 5.32 Å². The SMILES string of the molecule is Cc1nn(-c2ccc(Cl)nn2)c2c1[C@H](c1cn[nH]c1-c1ccc(Cl)cc1)CC(=O)N2. The standard InChI is InChI=1S/C20H15Cl2N7O/c1-10-18-13(14-9-23-27-19(14)11-2-4-12(21)5-3-11)8-17(30)24-20(18)29(28-10)16-7-6-15(22)25-26-16/h2-7,9,13H,8H2,1H3,(H,23,27)(H,24,30)/t13-/m0/s1. The zero-order chi connectivity index (χ0) is 20.8. The summed E-state index contributed by atoms with van der Waals surface area (Å²) in [6.07, 6.45) is 2.04. The number of aryl methyl sites for hydroxylation is 1. The number of halogens is 2. The second-order valence-corrected chi connectivity index (χ2v) is 7.81. The first-order valence-corrected chi connectivity index (χ1v) is 9.95. The topological polar surface area (TPSA) is 101 Å². The van der Waals surface area contributed by atoms with E-state index >= 15 is 0 Å². The van der Waals surface area contributed by atoms with Crippen LogP contribution in [-0.2, 0) is 4.79 Å². The molecule has 30 heavy (non-hydrogen) atoms. The van der Waals surface area contributed by atoms with Gasteiger partial charge in [-0.15, -0.1) is 10.2 Å². The lowest BCUT2D eigenvalue weighted by molar-refractivity contribution is -0.116. The van der Waals surface area contributed by atoms with E-state index in [2.05, 4.69) is 30.8 Å². The zero-order valence-corrected chi connectivity index (χ0v) is 17.2. The lowest BCUT2D eigenvalue weighted by Gasteiger charge is -2.24. The highest BCUT2D eigenvalue weighted by molar-refractivity contribution is 6.30. The van der Waals surface area contributed by atoms with Gasteiger partial charge in [0.25, 0.3) is 0 Å². The molecular formula is C20H15Cl2N7O. The molecule has 1 atom stereocenters. The summed E-state index contributed by atoms with van der Waals surface area (Å²) in [7, 11) is 0. The van der Waals surface area contributed by atoms with Gasteiger partial charge in [0.05, 0.1) is 17.6 Å². The number of benzene rings is 1. The first-order chi connectivity index (χ1) is 14.5. The van der Waals surface area contributed by atoms with Crippen molar-refractivity contribution in [3.63, 3.8) is 0 Å². The smallest absolute Gasteiger partial charge is 0.226 e. The maximum atomic E-state index is 12.6. The average molecular weight is 440 g/mol. The Kier molecular flexibility index (Phi) is 4.52. The van der Waals surface area contributed by atoms with Gasteiger partial charge in [-0.25, -0.2) is 0 Å². The first kappa shape index (κ1) is 18.8. The lowest BCUT2D eigenvalue weighted by Crippen LogP contribution is -2.25. The van der Waals surface area contributed by atoms with Crippen molar-refractivity contribution in [2.24, 2.45) is 0 Å². The van der Waals surface area contributed by atoms with Crippen molar-refractivity contribution in [1.29, 1.82) is 0 Å². The number of carbonyl (C=O) groups excluding carboxylic acids is 1. The monoisotopic (exact) mass is 439 g/mol. The Morgan fingerprint density at radius 1 is 1.10 bits per heavy atom. The molecule has 3 aromatic heterocycles. The minimum Gasteiger partial charge on any atom is -0.310 e. The Hall–Kier alpha value is -3.23. The van der Waals surface area contributed by atoms with E-state index in [1.165, 1.54) is 0 Å². The first-order valence-electron chi connectivity index (χ1n) is 9.19. The molecule has 2 N–H and O–H groups in total. The van der Waals surface area contributed by atoms with Gasteiger partial charge in [0.1, 0.15) is 5.82 Å². The van der Waals surface area contributed by atoms with Crippen molar-refractivity contribution in [3.05, 3.63) is 69.6 Å². The molecule has 0 aliphatic carbocycles. The molecule has 5 rings (SSSR count). The largest absolute Gasteiger partial charge is 0.310 e. The maximum absolute atomic E-state index is 12.6. The van der Waals surface area contributed by atoms with Crippen LogP contribution in [0.15, 0.2) is 42.6 Å². The number of fused-ring (bicyclic) bond motifs is 1. The van der Waals surface area contributed by atoms with Crippen LogP contribution in [0.1, 0.15) is 29.2 Å². The molecule has 150 valence electrons. The van der Waals surface area contributed by atoms with Crippen LogP contribution >= 0.6 is 23.2 Å². The van der Waals surface area contributed by atoms with Crippen LogP contribution in [0.4, 0.5) is 5.82 Å². The summed E-state index contributed by atoms with van der Waals surface area (Å²) < 4.78 is 1.58. The van der Waals surface area contributed by atoms with Gasteiger partial charge in [-0.2, -0.15) is 14.9 Å². The summed E-state index contributed by atoms with van der Waals surface area (Å²) >= 11 is 11.9.